The van der Waals surface area contributed by atoms with E-state index < -0.39 is 31.3 Å². The summed E-state index contributed by atoms with van der Waals surface area (Å²) in [5.41, 5.74) is 0.625. The topological polar surface area (TPSA) is 40.5 Å². The Morgan fingerprint density at radius 3 is 2.58 bits per heavy atom. The van der Waals surface area contributed by atoms with Crippen molar-refractivity contribution in [3.05, 3.63) is 34.3 Å². The Morgan fingerprint density at radius 1 is 1.47 bits per heavy atom. The number of benzene rings is 1. The molecule has 7 heteroatoms. The molecule has 0 spiro atoms. The fourth-order valence-electron chi connectivity index (χ4n) is 1.71. The molecular weight excluding hydrogens is 327 g/mol. The fraction of sp³-hybridized carbons (Fsp3) is 0.417. The lowest BCUT2D eigenvalue weighted by Gasteiger charge is -2.28. The lowest BCUT2D eigenvalue weighted by atomic mass is 10.1. The first-order chi connectivity index (χ1) is 8.69. The van der Waals surface area contributed by atoms with Crippen molar-refractivity contribution < 1.29 is 23.1 Å². The van der Waals surface area contributed by atoms with Crippen LogP contribution in [0, 0.1) is 0 Å². The smallest absolute Gasteiger partial charge is 0.401 e. The minimum absolute atomic E-state index is 0.625. The van der Waals surface area contributed by atoms with Crippen LogP contribution in [0.1, 0.15) is 18.5 Å². The maximum Gasteiger partial charge on any atom is 0.401 e. The summed E-state index contributed by atoms with van der Waals surface area (Å²) < 4.78 is 38.1. The van der Waals surface area contributed by atoms with E-state index in [1.165, 1.54) is 0 Å². The molecule has 1 unspecified atom stereocenters. The quantitative estimate of drug-likeness (QED) is 0.893. The molecular formula is C12H13BrF3NO2. The number of alkyl halides is 3. The first kappa shape index (κ1) is 16.0. The summed E-state index contributed by atoms with van der Waals surface area (Å²) in [7, 11) is 0. The standard InChI is InChI=1S/C12H13BrF3NO2/c1-8(9-3-2-4-10(13)5-9)17(6-11(18)19)7-12(14,15)16/h2-5,8H,6-7H2,1H3,(H,18,19). The molecule has 0 saturated carbocycles. The van der Waals surface area contributed by atoms with E-state index in [-0.39, 0.29) is 0 Å². The van der Waals surface area contributed by atoms with Crippen molar-refractivity contribution in [2.45, 2.75) is 19.1 Å². The molecule has 0 aliphatic rings. The molecule has 0 aromatic heterocycles. The van der Waals surface area contributed by atoms with E-state index in [4.69, 9.17) is 5.11 Å². The van der Waals surface area contributed by atoms with Gasteiger partial charge in [0.1, 0.15) is 0 Å². The third kappa shape index (κ3) is 5.61. The Morgan fingerprint density at radius 2 is 2.11 bits per heavy atom. The van der Waals surface area contributed by atoms with Gasteiger partial charge in [-0.05, 0) is 24.6 Å². The van der Waals surface area contributed by atoms with E-state index in [0.29, 0.717) is 5.56 Å². The molecule has 0 radical (unpaired) electrons. The number of carbonyl (C=O) groups is 1. The van der Waals surface area contributed by atoms with Crippen molar-refractivity contribution in [2.24, 2.45) is 0 Å². The minimum atomic E-state index is -4.43. The van der Waals surface area contributed by atoms with E-state index in [1.54, 1.807) is 31.2 Å². The van der Waals surface area contributed by atoms with E-state index in [0.717, 1.165) is 9.37 Å². The van der Waals surface area contributed by atoms with Crippen molar-refractivity contribution in [3.63, 3.8) is 0 Å². The van der Waals surface area contributed by atoms with Crippen LogP contribution >= 0.6 is 15.9 Å². The number of hydrogen-bond donors (Lipinski definition) is 1. The van der Waals surface area contributed by atoms with Crippen molar-refractivity contribution in [3.8, 4) is 0 Å². The minimum Gasteiger partial charge on any atom is -0.480 e. The third-order valence-electron chi connectivity index (χ3n) is 2.60. The number of nitrogens with zero attached hydrogens (tertiary/aromatic N) is 1. The van der Waals surface area contributed by atoms with Gasteiger partial charge in [0, 0.05) is 10.5 Å². The second-order valence-corrected chi connectivity index (χ2v) is 5.06. The summed E-state index contributed by atoms with van der Waals surface area (Å²) in [6.45, 7) is -0.364. The van der Waals surface area contributed by atoms with Crippen LogP contribution in [-0.2, 0) is 4.79 Å². The van der Waals surface area contributed by atoms with Gasteiger partial charge in [-0.25, -0.2) is 0 Å². The number of hydrogen-bond acceptors (Lipinski definition) is 2. The summed E-state index contributed by atoms with van der Waals surface area (Å²) in [5.74, 6) is -1.29. The van der Waals surface area contributed by atoms with Crippen LogP contribution in [0.25, 0.3) is 0 Å². The van der Waals surface area contributed by atoms with Crippen LogP contribution in [0.3, 0.4) is 0 Å². The van der Waals surface area contributed by atoms with Gasteiger partial charge in [-0.15, -0.1) is 0 Å². The van der Waals surface area contributed by atoms with Crippen LogP contribution in [0.5, 0.6) is 0 Å². The highest BCUT2D eigenvalue weighted by molar-refractivity contribution is 9.10. The Bertz CT molecular complexity index is 451. The molecule has 1 rings (SSSR count). The molecule has 0 aliphatic carbocycles. The number of carboxylic acid groups (broad SMARTS) is 1. The third-order valence-corrected chi connectivity index (χ3v) is 3.09. The van der Waals surface area contributed by atoms with Gasteiger partial charge < -0.3 is 5.11 Å². The molecule has 0 fully saturated rings. The first-order valence-electron chi connectivity index (χ1n) is 5.47. The molecule has 0 heterocycles. The molecule has 1 aromatic carbocycles. The van der Waals surface area contributed by atoms with E-state index in [2.05, 4.69) is 15.9 Å². The number of halogens is 4. The first-order valence-corrected chi connectivity index (χ1v) is 6.26. The predicted octanol–water partition coefficient (Wildman–Crippen LogP) is 3.46. The SMILES string of the molecule is CC(c1cccc(Br)c1)N(CC(=O)O)CC(F)(F)F. The molecule has 1 N–H and O–H groups in total. The summed E-state index contributed by atoms with van der Waals surface area (Å²) in [5, 5.41) is 8.71. The van der Waals surface area contributed by atoms with Gasteiger partial charge in [0.15, 0.2) is 0 Å². The van der Waals surface area contributed by atoms with Crippen LogP contribution in [-0.4, -0.2) is 35.2 Å². The zero-order valence-corrected chi connectivity index (χ0v) is 11.7. The van der Waals surface area contributed by atoms with E-state index >= 15 is 0 Å². The zero-order chi connectivity index (χ0) is 14.6. The summed E-state index contributed by atoms with van der Waals surface area (Å²) in [4.78, 5) is 11.6. The Hall–Kier alpha value is -1.08. The largest absolute Gasteiger partial charge is 0.480 e. The zero-order valence-electron chi connectivity index (χ0n) is 10.1. The van der Waals surface area contributed by atoms with Gasteiger partial charge >= 0.3 is 12.1 Å². The molecule has 0 amide bonds. The predicted molar refractivity (Wildman–Crippen MR) is 67.8 cm³/mol. The van der Waals surface area contributed by atoms with Crippen LogP contribution in [0.15, 0.2) is 28.7 Å². The average Bonchev–Trinajstić information content (AvgIpc) is 2.24. The number of rotatable bonds is 5. The molecule has 106 valence electrons. The number of carboxylic acids is 1. The van der Waals surface area contributed by atoms with Gasteiger partial charge in [-0.2, -0.15) is 13.2 Å². The normalized spacial score (nSPS) is 13.6. The Balaban J connectivity index is 2.93. The molecule has 0 saturated heterocycles. The lowest BCUT2D eigenvalue weighted by Crippen LogP contribution is -2.39. The maximum absolute atomic E-state index is 12.5. The van der Waals surface area contributed by atoms with E-state index in [9.17, 15) is 18.0 Å². The van der Waals surface area contributed by atoms with Crippen LogP contribution < -0.4 is 0 Å². The monoisotopic (exact) mass is 339 g/mol. The van der Waals surface area contributed by atoms with Crippen LogP contribution in [0.2, 0.25) is 0 Å². The Kier molecular flexibility index (Phi) is 5.37. The second kappa shape index (κ2) is 6.38. The Labute approximate surface area is 117 Å². The van der Waals surface area contributed by atoms with Crippen molar-refractivity contribution in [1.29, 1.82) is 0 Å². The van der Waals surface area contributed by atoms with Crippen LogP contribution in [0.4, 0.5) is 13.2 Å². The fourth-order valence-corrected chi connectivity index (χ4v) is 2.13. The molecule has 19 heavy (non-hydrogen) atoms. The summed E-state index contributed by atoms with van der Waals surface area (Å²) >= 11 is 3.23. The molecule has 1 atom stereocenters. The molecule has 3 nitrogen and oxygen atoms in total. The van der Waals surface area contributed by atoms with Gasteiger partial charge in [0.05, 0.1) is 13.1 Å². The average molecular weight is 340 g/mol. The molecule has 0 bridgehead atoms. The maximum atomic E-state index is 12.5. The summed E-state index contributed by atoms with van der Waals surface area (Å²) in [6, 6.07) is 6.15. The van der Waals surface area contributed by atoms with Crippen molar-refractivity contribution in [2.75, 3.05) is 13.1 Å². The van der Waals surface area contributed by atoms with Gasteiger partial charge in [0.25, 0.3) is 0 Å². The van der Waals surface area contributed by atoms with Gasteiger partial charge in [-0.3, -0.25) is 9.69 Å². The lowest BCUT2D eigenvalue weighted by molar-refractivity contribution is -0.157. The van der Waals surface area contributed by atoms with E-state index in [1.807, 2.05) is 0 Å². The summed E-state index contributed by atoms with van der Waals surface area (Å²) in [6.07, 6.45) is -4.43. The van der Waals surface area contributed by atoms with Crippen molar-refractivity contribution in [1.82, 2.24) is 4.90 Å². The second-order valence-electron chi connectivity index (χ2n) is 4.14. The molecule has 0 aliphatic heterocycles. The highest BCUT2D eigenvalue weighted by Gasteiger charge is 2.34. The van der Waals surface area contributed by atoms with Crippen molar-refractivity contribution >= 4 is 21.9 Å². The highest BCUT2D eigenvalue weighted by atomic mass is 79.9. The van der Waals surface area contributed by atoms with Gasteiger partial charge in [-0.1, -0.05) is 28.1 Å². The highest BCUT2D eigenvalue weighted by Crippen LogP contribution is 2.26. The number of aliphatic carboxylic acids is 1. The van der Waals surface area contributed by atoms with Gasteiger partial charge in [0.2, 0.25) is 0 Å². The molecule has 1 aromatic rings.